The number of thioether (sulfide) groups is 1. The van der Waals surface area contributed by atoms with E-state index in [1.807, 2.05) is 30.3 Å². The van der Waals surface area contributed by atoms with Crippen LogP contribution in [0.4, 0.5) is 5.82 Å². The van der Waals surface area contributed by atoms with Crippen molar-refractivity contribution in [1.29, 1.82) is 0 Å². The maximum absolute atomic E-state index is 10.9. The Kier molecular flexibility index (Phi) is 6.41. The molecule has 2 fully saturated rings. The van der Waals surface area contributed by atoms with Gasteiger partial charge < -0.3 is 24.2 Å². The van der Waals surface area contributed by atoms with Gasteiger partial charge in [-0.25, -0.2) is 0 Å². The van der Waals surface area contributed by atoms with Crippen LogP contribution in [0.3, 0.4) is 0 Å². The molecule has 2 aliphatic heterocycles. The van der Waals surface area contributed by atoms with Gasteiger partial charge >= 0.3 is 0 Å². The average molecular weight is 446 g/mol. The Morgan fingerprint density at radius 3 is 2.83 bits per heavy atom. The molecule has 1 aromatic heterocycles. The maximum Gasteiger partial charge on any atom is 0.283 e. The first-order valence-electron chi connectivity index (χ1n) is 9.00. The lowest BCUT2D eigenvalue weighted by molar-refractivity contribution is -0.297. The molecule has 1 aromatic carbocycles. The SMILES string of the molecule is [C-]#[N+]c1ncc(Cl)cc1S[C@H]1OC2COC(c3ccccc3)O[C@@H]2[C@H](N=[N+]=[N-])C1O. The molecule has 0 saturated carbocycles. The average Bonchev–Trinajstić information content (AvgIpc) is 2.77. The van der Waals surface area contributed by atoms with Crippen molar-refractivity contribution in [2.45, 2.75) is 41.0 Å². The Labute approximate surface area is 181 Å². The van der Waals surface area contributed by atoms with Crippen LogP contribution in [0.25, 0.3) is 15.3 Å². The molecular formula is C19H16ClN5O4S. The number of halogens is 1. The molecular weight excluding hydrogens is 430 g/mol. The number of aromatic nitrogens is 1. The van der Waals surface area contributed by atoms with Crippen molar-refractivity contribution >= 4 is 29.2 Å². The minimum absolute atomic E-state index is 0.142. The highest BCUT2D eigenvalue weighted by Crippen LogP contribution is 2.42. The summed E-state index contributed by atoms with van der Waals surface area (Å²) in [6, 6.07) is 10.0. The Balaban J connectivity index is 1.57. The number of fused-ring (bicyclic) bond motifs is 1. The molecule has 30 heavy (non-hydrogen) atoms. The van der Waals surface area contributed by atoms with Gasteiger partial charge in [0.1, 0.15) is 29.9 Å². The zero-order valence-corrected chi connectivity index (χ0v) is 17.0. The van der Waals surface area contributed by atoms with Crippen LogP contribution >= 0.6 is 23.4 Å². The Morgan fingerprint density at radius 1 is 1.30 bits per heavy atom. The number of benzene rings is 1. The molecule has 2 aliphatic rings. The standard InChI is InChI=1S/C19H16ClN5O4S/c1-22-17-13(7-11(20)8-23-17)30-19-15(26)14(24-25-21)16-12(28-19)9-27-18(29-16)10-5-3-2-4-6-10/h2-8,12,14-16,18-19,26H,9H2/t12?,14-,15?,16+,18?,19-/m1/s1. The lowest BCUT2D eigenvalue weighted by atomic mass is 9.97. The van der Waals surface area contributed by atoms with Crippen molar-refractivity contribution in [3.8, 4) is 0 Å². The Morgan fingerprint density at radius 2 is 2.10 bits per heavy atom. The summed E-state index contributed by atoms with van der Waals surface area (Å²) in [5, 5.41) is 15.0. The fraction of sp³-hybridized carbons (Fsp3) is 0.368. The second-order valence-electron chi connectivity index (χ2n) is 6.61. The van der Waals surface area contributed by atoms with Gasteiger partial charge in [0.2, 0.25) is 0 Å². The fourth-order valence-corrected chi connectivity index (χ4v) is 4.73. The molecule has 1 N–H and O–H groups in total. The van der Waals surface area contributed by atoms with Gasteiger partial charge in [-0.1, -0.05) is 53.6 Å². The Hall–Kier alpha value is -2.35. The van der Waals surface area contributed by atoms with Crippen LogP contribution in [0, 0.1) is 6.57 Å². The summed E-state index contributed by atoms with van der Waals surface area (Å²) in [5.41, 5.74) is 9.03. The van der Waals surface area contributed by atoms with Crippen LogP contribution in [0.5, 0.6) is 0 Å². The molecule has 0 amide bonds. The molecule has 2 saturated heterocycles. The highest BCUT2D eigenvalue weighted by molar-refractivity contribution is 8.00. The number of aliphatic hydroxyl groups excluding tert-OH is 1. The normalized spacial score (nSPS) is 30.6. The summed E-state index contributed by atoms with van der Waals surface area (Å²) in [6.45, 7) is 7.46. The summed E-state index contributed by atoms with van der Waals surface area (Å²) in [6.07, 6.45) is -1.72. The van der Waals surface area contributed by atoms with Crippen LogP contribution in [-0.4, -0.2) is 46.5 Å². The van der Waals surface area contributed by atoms with Crippen LogP contribution in [0.1, 0.15) is 11.9 Å². The zero-order chi connectivity index (χ0) is 21.1. The van der Waals surface area contributed by atoms with Crippen molar-refractivity contribution < 1.29 is 19.3 Å². The molecule has 0 radical (unpaired) electrons. The van der Waals surface area contributed by atoms with Gasteiger partial charge in [-0.2, -0.15) is 0 Å². The van der Waals surface area contributed by atoms with E-state index in [9.17, 15) is 5.11 Å². The molecule has 4 rings (SSSR count). The molecule has 0 bridgehead atoms. The van der Waals surface area contributed by atoms with E-state index < -0.39 is 36.1 Å². The molecule has 6 atom stereocenters. The first-order chi connectivity index (χ1) is 14.6. The molecule has 3 heterocycles. The first-order valence-corrected chi connectivity index (χ1v) is 10.3. The van der Waals surface area contributed by atoms with E-state index in [2.05, 4.69) is 19.9 Å². The predicted molar refractivity (Wildman–Crippen MR) is 109 cm³/mol. The molecule has 11 heteroatoms. The van der Waals surface area contributed by atoms with Crippen LogP contribution in [-0.2, 0) is 14.2 Å². The lowest BCUT2D eigenvalue weighted by Gasteiger charge is -2.46. The number of ether oxygens (including phenoxy) is 3. The highest BCUT2D eigenvalue weighted by atomic mass is 35.5. The second-order valence-corrected chi connectivity index (χ2v) is 8.19. The summed E-state index contributed by atoms with van der Waals surface area (Å²) in [5.74, 6) is 0.142. The summed E-state index contributed by atoms with van der Waals surface area (Å²) >= 11 is 7.10. The van der Waals surface area contributed by atoms with Crippen molar-refractivity contribution in [2.24, 2.45) is 5.11 Å². The van der Waals surface area contributed by atoms with Gasteiger partial charge in [0.15, 0.2) is 6.29 Å². The number of aliphatic hydroxyl groups is 1. The number of rotatable bonds is 4. The molecule has 0 aliphatic carbocycles. The predicted octanol–water partition coefficient (Wildman–Crippen LogP) is 4.26. The minimum atomic E-state index is -1.18. The van der Waals surface area contributed by atoms with E-state index >= 15 is 0 Å². The number of azide groups is 1. The summed E-state index contributed by atoms with van der Waals surface area (Å²) in [4.78, 5) is 10.7. The van der Waals surface area contributed by atoms with Gasteiger partial charge in [0.05, 0.1) is 17.7 Å². The molecule has 3 unspecified atom stereocenters. The molecule has 2 aromatic rings. The molecule has 154 valence electrons. The largest absolute Gasteiger partial charge is 0.389 e. The van der Waals surface area contributed by atoms with E-state index in [-0.39, 0.29) is 12.4 Å². The van der Waals surface area contributed by atoms with E-state index in [1.165, 1.54) is 6.20 Å². The third kappa shape index (κ3) is 4.24. The number of nitrogens with zero attached hydrogens (tertiary/aromatic N) is 5. The molecule has 0 spiro atoms. The topological polar surface area (TPSA) is 114 Å². The quantitative estimate of drug-likeness (QED) is 0.325. The van der Waals surface area contributed by atoms with Crippen molar-refractivity contribution in [3.63, 3.8) is 0 Å². The number of hydrogen-bond acceptors (Lipinski definition) is 7. The van der Waals surface area contributed by atoms with Crippen LogP contribution in [0.15, 0.2) is 52.6 Å². The smallest absolute Gasteiger partial charge is 0.283 e. The second kappa shape index (κ2) is 9.20. The van der Waals surface area contributed by atoms with Gasteiger partial charge in [0, 0.05) is 15.4 Å². The van der Waals surface area contributed by atoms with E-state index in [0.717, 1.165) is 17.3 Å². The fourth-order valence-electron chi connectivity index (χ4n) is 3.36. The third-order valence-electron chi connectivity index (χ3n) is 4.74. The van der Waals surface area contributed by atoms with Crippen LogP contribution < -0.4 is 0 Å². The van der Waals surface area contributed by atoms with E-state index in [0.29, 0.717) is 9.92 Å². The number of hydrogen-bond donors (Lipinski definition) is 1. The summed E-state index contributed by atoms with van der Waals surface area (Å²) < 4.78 is 17.8. The van der Waals surface area contributed by atoms with E-state index in [1.54, 1.807) is 6.07 Å². The maximum atomic E-state index is 10.9. The lowest BCUT2D eigenvalue weighted by Crippen LogP contribution is -2.60. The molecule has 9 nitrogen and oxygen atoms in total. The first kappa shape index (κ1) is 20.9. The highest BCUT2D eigenvalue weighted by Gasteiger charge is 2.49. The zero-order valence-electron chi connectivity index (χ0n) is 15.4. The summed E-state index contributed by atoms with van der Waals surface area (Å²) in [7, 11) is 0. The van der Waals surface area contributed by atoms with E-state index in [4.69, 9.17) is 37.9 Å². The van der Waals surface area contributed by atoms with Crippen LogP contribution in [0.2, 0.25) is 5.02 Å². The number of pyridine rings is 1. The van der Waals surface area contributed by atoms with Gasteiger partial charge in [0.25, 0.3) is 5.82 Å². The minimum Gasteiger partial charge on any atom is -0.389 e. The monoisotopic (exact) mass is 445 g/mol. The van der Waals surface area contributed by atoms with Gasteiger partial charge in [-0.3, -0.25) is 0 Å². The van der Waals surface area contributed by atoms with Crippen molar-refractivity contribution in [1.82, 2.24) is 4.98 Å². The van der Waals surface area contributed by atoms with Gasteiger partial charge in [-0.05, 0) is 11.6 Å². The van der Waals surface area contributed by atoms with Gasteiger partial charge in [-0.15, -0.1) is 16.7 Å². The third-order valence-corrected chi connectivity index (χ3v) is 6.12. The van der Waals surface area contributed by atoms with Crippen molar-refractivity contribution in [3.05, 3.63) is 75.0 Å². The Bertz CT molecular complexity index is 1000. The van der Waals surface area contributed by atoms with Crippen molar-refractivity contribution in [2.75, 3.05) is 6.61 Å².